The first kappa shape index (κ1) is 22.6. The number of carbonyl (C=O) groups is 1. The topological polar surface area (TPSA) is 96.9 Å². The van der Waals surface area contributed by atoms with Crippen molar-refractivity contribution < 1.29 is 17.9 Å². The molecule has 0 aliphatic carbocycles. The summed E-state index contributed by atoms with van der Waals surface area (Å²) < 4.78 is 32.3. The standard InChI is InChI=1S/C21H27N3O4S/c1-5-12-22-29(26,27)19-10-8-18(9-11-19)17(4)23-24-21(25)14-28-20-13-15(2)6-7-16(20)3/h6-11,13,22H,5,12,14H2,1-4H3,(H,24,25)/b23-17-. The van der Waals surface area contributed by atoms with Crippen molar-refractivity contribution in [3.63, 3.8) is 0 Å². The van der Waals surface area contributed by atoms with Crippen LogP contribution in [0.5, 0.6) is 5.75 Å². The Bertz CT molecular complexity index is 983. The van der Waals surface area contributed by atoms with Crippen molar-refractivity contribution in [2.75, 3.05) is 13.2 Å². The zero-order chi connectivity index (χ0) is 21.4. The van der Waals surface area contributed by atoms with Gasteiger partial charge in [0.2, 0.25) is 10.0 Å². The first-order chi connectivity index (χ1) is 13.7. The third kappa shape index (κ3) is 6.69. The van der Waals surface area contributed by atoms with E-state index in [4.69, 9.17) is 4.74 Å². The lowest BCUT2D eigenvalue weighted by Crippen LogP contribution is -2.26. The Balaban J connectivity index is 1.95. The predicted octanol–water partition coefficient (Wildman–Crippen LogP) is 2.91. The molecule has 0 radical (unpaired) electrons. The molecule has 0 spiro atoms. The van der Waals surface area contributed by atoms with Gasteiger partial charge in [0.05, 0.1) is 10.6 Å². The summed E-state index contributed by atoms with van der Waals surface area (Å²) in [6, 6.07) is 12.1. The quantitative estimate of drug-likeness (QED) is 0.484. The monoisotopic (exact) mass is 417 g/mol. The molecule has 0 atom stereocenters. The molecule has 2 aromatic rings. The molecular formula is C21H27N3O4S. The highest BCUT2D eigenvalue weighted by atomic mass is 32.2. The van der Waals surface area contributed by atoms with Gasteiger partial charge >= 0.3 is 0 Å². The average Bonchev–Trinajstić information content (AvgIpc) is 2.71. The summed E-state index contributed by atoms with van der Waals surface area (Å²) in [5.74, 6) is 0.280. The number of hydrogen-bond donors (Lipinski definition) is 2. The van der Waals surface area contributed by atoms with Gasteiger partial charge in [-0.15, -0.1) is 0 Å². The number of aryl methyl sites for hydroxylation is 2. The van der Waals surface area contributed by atoms with E-state index in [1.165, 1.54) is 12.1 Å². The van der Waals surface area contributed by atoms with E-state index in [1.54, 1.807) is 19.1 Å². The van der Waals surface area contributed by atoms with E-state index in [9.17, 15) is 13.2 Å². The number of nitrogens with zero attached hydrogens (tertiary/aromatic N) is 1. The number of sulfonamides is 1. The van der Waals surface area contributed by atoms with Crippen molar-refractivity contribution in [1.82, 2.24) is 10.1 Å². The van der Waals surface area contributed by atoms with Gasteiger partial charge in [0, 0.05) is 6.54 Å². The molecule has 156 valence electrons. The van der Waals surface area contributed by atoms with Crippen molar-refractivity contribution in [2.24, 2.45) is 5.10 Å². The number of amides is 1. The Morgan fingerprint density at radius 3 is 2.45 bits per heavy atom. The smallest absolute Gasteiger partial charge is 0.277 e. The fourth-order valence-corrected chi connectivity index (χ4v) is 3.58. The summed E-state index contributed by atoms with van der Waals surface area (Å²) in [6.07, 6.45) is 0.718. The second kappa shape index (κ2) is 10.2. The van der Waals surface area contributed by atoms with Crippen molar-refractivity contribution in [3.8, 4) is 5.75 Å². The molecule has 0 saturated heterocycles. The van der Waals surface area contributed by atoms with Gasteiger partial charge in [-0.05, 0) is 62.1 Å². The minimum Gasteiger partial charge on any atom is -0.483 e. The van der Waals surface area contributed by atoms with Gasteiger partial charge in [-0.25, -0.2) is 18.6 Å². The van der Waals surface area contributed by atoms with Gasteiger partial charge in [-0.2, -0.15) is 5.10 Å². The van der Waals surface area contributed by atoms with Gasteiger partial charge in [-0.1, -0.05) is 31.2 Å². The molecule has 0 aliphatic rings. The number of hydrogen-bond acceptors (Lipinski definition) is 5. The van der Waals surface area contributed by atoms with E-state index in [1.807, 2.05) is 39.0 Å². The third-order valence-corrected chi connectivity index (χ3v) is 5.65. The molecule has 7 nitrogen and oxygen atoms in total. The van der Waals surface area contributed by atoms with Crippen LogP contribution in [0.2, 0.25) is 0 Å². The van der Waals surface area contributed by atoms with Crippen molar-refractivity contribution in [1.29, 1.82) is 0 Å². The zero-order valence-corrected chi connectivity index (χ0v) is 18.0. The fraction of sp³-hybridized carbons (Fsp3) is 0.333. The Kier molecular flexibility index (Phi) is 7.92. The number of nitrogens with one attached hydrogen (secondary N) is 2. The van der Waals surface area contributed by atoms with Crippen LogP contribution in [0.25, 0.3) is 0 Å². The van der Waals surface area contributed by atoms with Crippen molar-refractivity contribution in [3.05, 3.63) is 59.2 Å². The first-order valence-electron chi connectivity index (χ1n) is 9.36. The Morgan fingerprint density at radius 2 is 1.79 bits per heavy atom. The maximum absolute atomic E-state index is 12.1. The summed E-state index contributed by atoms with van der Waals surface area (Å²) in [4.78, 5) is 12.2. The predicted molar refractivity (Wildman–Crippen MR) is 114 cm³/mol. The van der Waals surface area contributed by atoms with Crippen LogP contribution in [0, 0.1) is 13.8 Å². The number of hydrazone groups is 1. The number of rotatable bonds is 9. The lowest BCUT2D eigenvalue weighted by atomic mass is 10.1. The normalized spacial score (nSPS) is 11.9. The van der Waals surface area contributed by atoms with E-state index in [0.29, 0.717) is 23.6 Å². The number of ether oxygens (including phenoxy) is 1. The van der Waals surface area contributed by atoms with Crippen LogP contribution in [0.4, 0.5) is 0 Å². The van der Waals surface area contributed by atoms with Gasteiger partial charge in [-0.3, -0.25) is 4.79 Å². The van der Waals surface area contributed by atoms with Crippen LogP contribution in [-0.2, 0) is 14.8 Å². The van der Waals surface area contributed by atoms with E-state index < -0.39 is 10.0 Å². The van der Waals surface area contributed by atoms with Crippen LogP contribution in [0.15, 0.2) is 52.5 Å². The summed E-state index contributed by atoms with van der Waals surface area (Å²) in [5.41, 5.74) is 5.71. The SMILES string of the molecule is CCCNS(=O)(=O)c1ccc(/C(C)=N\NC(=O)COc2cc(C)ccc2C)cc1. The molecule has 0 aromatic heterocycles. The molecule has 2 rings (SSSR count). The Morgan fingerprint density at radius 1 is 1.10 bits per heavy atom. The van der Waals surface area contributed by atoms with Crippen LogP contribution in [0.1, 0.15) is 37.0 Å². The molecule has 2 aromatic carbocycles. The highest BCUT2D eigenvalue weighted by Crippen LogP contribution is 2.18. The molecule has 0 heterocycles. The highest BCUT2D eigenvalue weighted by Gasteiger charge is 2.13. The third-order valence-electron chi connectivity index (χ3n) is 4.18. The highest BCUT2D eigenvalue weighted by molar-refractivity contribution is 7.89. The van der Waals surface area contributed by atoms with Crippen molar-refractivity contribution in [2.45, 2.75) is 39.0 Å². The molecule has 0 fully saturated rings. The summed E-state index contributed by atoms with van der Waals surface area (Å²) >= 11 is 0. The van der Waals surface area contributed by atoms with E-state index in [0.717, 1.165) is 17.5 Å². The maximum Gasteiger partial charge on any atom is 0.277 e. The van der Waals surface area contributed by atoms with Gasteiger partial charge in [0.15, 0.2) is 6.61 Å². The number of carbonyl (C=O) groups excluding carboxylic acids is 1. The number of benzene rings is 2. The molecule has 1 amide bonds. The molecule has 2 N–H and O–H groups in total. The lowest BCUT2D eigenvalue weighted by Gasteiger charge is -2.09. The van der Waals surface area contributed by atoms with Gasteiger partial charge in [0.1, 0.15) is 5.75 Å². The lowest BCUT2D eigenvalue weighted by molar-refractivity contribution is -0.123. The second-order valence-corrected chi connectivity index (χ2v) is 8.48. The van der Waals surface area contributed by atoms with Crippen LogP contribution < -0.4 is 14.9 Å². The Hall–Kier alpha value is -2.71. The average molecular weight is 418 g/mol. The minimum absolute atomic E-state index is 0.151. The van der Waals surface area contributed by atoms with Gasteiger partial charge in [0.25, 0.3) is 5.91 Å². The summed E-state index contributed by atoms with van der Waals surface area (Å²) in [6.45, 7) is 7.73. The van der Waals surface area contributed by atoms with Crippen LogP contribution >= 0.6 is 0 Å². The maximum atomic E-state index is 12.1. The summed E-state index contributed by atoms with van der Waals surface area (Å²) in [7, 11) is -3.51. The molecular weight excluding hydrogens is 390 g/mol. The Labute approximate surface area is 172 Å². The second-order valence-electron chi connectivity index (χ2n) is 6.71. The molecule has 0 unspecified atom stereocenters. The molecule has 0 bridgehead atoms. The molecule has 8 heteroatoms. The minimum atomic E-state index is -3.51. The summed E-state index contributed by atoms with van der Waals surface area (Å²) in [5, 5.41) is 4.06. The molecule has 29 heavy (non-hydrogen) atoms. The van der Waals surface area contributed by atoms with Crippen LogP contribution in [-0.4, -0.2) is 33.2 Å². The van der Waals surface area contributed by atoms with E-state index >= 15 is 0 Å². The van der Waals surface area contributed by atoms with E-state index in [2.05, 4.69) is 15.2 Å². The molecule has 0 saturated carbocycles. The first-order valence-corrected chi connectivity index (χ1v) is 10.8. The van der Waals surface area contributed by atoms with Crippen LogP contribution in [0.3, 0.4) is 0 Å². The largest absolute Gasteiger partial charge is 0.483 e. The van der Waals surface area contributed by atoms with Gasteiger partial charge < -0.3 is 4.74 Å². The zero-order valence-electron chi connectivity index (χ0n) is 17.2. The molecule has 0 aliphatic heterocycles. The fourth-order valence-electron chi connectivity index (χ4n) is 2.44. The van der Waals surface area contributed by atoms with E-state index in [-0.39, 0.29) is 17.4 Å². The van der Waals surface area contributed by atoms with Crippen molar-refractivity contribution >= 4 is 21.6 Å².